The first-order valence-electron chi connectivity index (χ1n) is 9.46. The number of aromatic nitrogens is 2. The highest BCUT2D eigenvalue weighted by atomic mass is 16.5. The molecule has 1 fully saturated rings. The zero-order valence-corrected chi connectivity index (χ0v) is 16.7. The zero-order valence-electron chi connectivity index (χ0n) is 16.7. The summed E-state index contributed by atoms with van der Waals surface area (Å²) < 4.78 is 16.2. The van der Waals surface area contributed by atoms with Crippen molar-refractivity contribution in [3.05, 3.63) is 59.5 Å². The molecule has 0 saturated carbocycles. The minimum Gasteiger partial charge on any atom is -0.497 e. The summed E-state index contributed by atoms with van der Waals surface area (Å²) in [6.07, 6.45) is 0.349. The van der Waals surface area contributed by atoms with E-state index in [1.807, 2.05) is 49.4 Å². The summed E-state index contributed by atoms with van der Waals surface area (Å²) in [5, 5.41) is 4.09. The van der Waals surface area contributed by atoms with E-state index >= 15 is 0 Å². The van der Waals surface area contributed by atoms with Crippen LogP contribution in [0.5, 0.6) is 11.5 Å². The van der Waals surface area contributed by atoms with Gasteiger partial charge in [-0.1, -0.05) is 35.0 Å². The number of hydrogen-bond donors (Lipinski definition) is 0. The van der Waals surface area contributed by atoms with E-state index in [9.17, 15) is 4.79 Å². The van der Waals surface area contributed by atoms with E-state index in [0.29, 0.717) is 31.2 Å². The number of carbonyl (C=O) groups excluding carboxylic acids is 1. The summed E-state index contributed by atoms with van der Waals surface area (Å²) in [4.78, 5) is 18.9. The molecule has 1 saturated heterocycles. The molecule has 3 aromatic rings. The Morgan fingerprint density at radius 3 is 2.66 bits per heavy atom. The van der Waals surface area contributed by atoms with Gasteiger partial charge in [0.05, 0.1) is 20.1 Å². The van der Waals surface area contributed by atoms with E-state index in [1.54, 1.807) is 19.1 Å². The van der Waals surface area contributed by atoms with Crippen molar-refractivity contribution in [2.75, 3.05) is 20.8 Å². The minimum absolute atomic E-state index is 0.0509. The lowest BCUT2D eigenvalue weighted by atomic mass is 10.1. The van der Waals surface area contributed by atoms with Crippen LogP contribution in [0, 0.1) is 6.92 Å². The average Bonchev–Trinajstić information content (AvgIpc) is 3.36. The Kier molecular flexibility index (Phi) is 5.20. The Bertz CT molecular complexity index is 1010. The second kappa shape index (κ2) is 7.95. The molecule has 0 spiro atoms. The molecule has 0 radical (unpaired) electrons. The highest BCUT2D eigenvalue weighted by Crippen LogP contribution is 2.32. The standard InChI is InChI=1S/C22H23N3O4/c1-14-4-6-15(7-5-14)21-23-22(29-24-21)17-11-20(26)25(13-17)12-16-10-18(27-2)8-9-19(16)28-3/h4-10,17H,11-13H2,1-3H3. The Morgan fingerprint density at radius 1 is 1.14 bits per heavy atom. The number of nitrogens with zero attached hydrogens (tertiary/aromatic N) is 3. The largest absolute Gasteiger partial charge is 0.497 e. The predicted molar refractivity (Wildman–Crippen MR) is 107 cm³/mol. The molecule has 7 nitrogen and oxygen atoms in total. The number of hydrogen-bond acceptors (Lipinski definition) is 6. The molecule has 7 heteroatoms. The number of ether oxygens (including phenoxy) is 2. The van der Waals surface area contributed by atoms with Gasteiger partial charge in [0.25, 0.3) is 0 Å². The van der Waals surface area contributed by atoms with Gasteiger partial charge in [0, 0.05) is 30.6 Å². The average molecular weight is 393 g/mol. The van der Waals surface area contributed by atoms with Crippen LogP contribution >= 0.6 is 0 Å². The van der Waals surface area contributed by atoms with Crippen LogP contribution in [0.4, 0.5) is 0 Å². The second-order valence-electron chi connectivity index (χ2n) is 7.18. The van der Waals surface area contributed by atoms with E-state index in [0.717, 1.165) is 22.6 Å². The minimum atomic E-state index is -0.120. The highest BCUT2D eigenvalue weighted by molar-refractivity contribution is 5.79. The topological polar surface area (TPSA) is 77.7 Å². The van der Waals surface area contributed by atoms with E-state index in [-0.39, 0.29) is 11.8 Å². The fraction of sp³-hybridized carbons (Fsp3) is 0.318. The second-order valence-corrected chi connectivity index (χ2v) is 7.18. The molecule has 2 aromatic carbocycles. The van der Waals surface area contributed by atoms with Gasteiger partial charge in [0.15, 0.2) is 0 Å². The van der Waals surface area contributed by atoms with Crippen LogP contribution in [0.25, 0.3) is 11.4 Å². The van der Waals surface area contributed by atoms with Gasteiger partial charge in [-0.05, 0) is 25.1 Å². The number of carbonyl (C=O) groups is 1. The van der Waals surface area contributed by atoms with Gasteiger partial charge in [0.2, 0.25) is 17.6 Å². The van der Waals surface area contributed by atoms with Crippen molar-refractivity contribution in [1.29, 1.82) is 0 Å². The maximum absolute atomic E-state index is 12.6. The van der Waals surface area contributed by atoms with E-state index in [2.05, 4.69) is 10.1 Å². The zero-order chi connectivity index (χ0) is 20.4. The summed E-state index contributed by atoms with van der Waals surface area (Å²) in [5.41, 5.74) is 2.96. The maximum atomic E-state index is 12.6. The molecular weight excluding hydrogens is 370 g/mol. The molecule has 1 aliphatic heterocycles. The van der Waals surface area contributed by atoms with Crippen LogP contribution in [0.3, 0.4) is 0 Å². The molecule has 1 atom stereocenters. The normalized spacial score (nSPS) is 16.3. The fourth-order valence-electron chi connectivity index (χ4n) is 3.52. The lowest BCUT2D eigenvalue weighted by Crippen LogP contribution is -2.24. The molecule has 2 heterocycles. The monoisotopic (exact) mass is 393 g/mol. The molecular formula is C22H23N3O4. The van der Waals surface area contributed by atoms with Gasteiger partial charge in [-0.3, -0.25) is 4.79 Å². The summed E-state index contributed by atoms with van der Waals surface area (Å²) in [7, 11) is 3.23. The van der Waals surface area contributed by atoms with Gasteiger partial charge in [-0.25, -0.2) is 0 Å². The first-order valence-corrected chi connectivity index (χ1v) is 9.46. The van der Waals surface area contributed by atoms with Gasteiger partial charge < -0.3 is 18.9 Å². The number of benzene rings is 2. The molecule has 29 heavy (non-hydrogen) atoms. The van der Waals surface area contributed by atoms with E-state index in [4.69, 9.17) is 14.0 Å². The maximum Gasteiger partial charge on any atom is 0.232 e. The Hall–Kier alpha value is -3.35. The van der Waals surface area contributed by atoms with Crippen molar-refractivity contribution < 1.29 is 18.8 Å². The lowest BCUT2D eigenvalue weighted by molar-refractivity contribution is -0.128. The number of amides is 1. The molecule has 0 bridgehead atoms. The van der Waals surface area contributed by atoms with Crippen LogP contribution in [0.15, 0.2) is 47.0 Å². The van der Waals surface area contributed by atoms with E-state index in [1.165, 1.54) is 5.56 Å². The lowest BCUT2D eigenvalue weighted by Gasteiger charge is -2.18. The molecule has 0 N–H and O–H groups in total. The Morgan fingerprint density at radius 2 is 1.93 bits per heavy atom. The predicted octanol–water partition coefficient (Wildman–Crippen LogP) is 3.58. The molecule has 150 valence electrons. The summed E-state index contributed by atoms with van der Waals surface area (Å²) in [6.45, 7) is 2.99. The Balaban J connectivity index is 1.49. The van der Waals surface area contributed by atoms with E-state index < -0.39 is 0 Å². The first-order chi connectivity index (χ1) is 14.1. The number of aryl methyl sites for hydroxylation is 1. The van der Waals surface area contributed by atoms with Crippen molar-refractivity contribution in [3.63, 3.8) is 0 Å². The number of methoxy groups -OCH3 is 2. The van der Waals surface area contributed by atoms with Gasteiger partial charge in [-0.15, -0.1) is 0 Å². The van der Waals surface area contributed by atoms with Crippen LogP contribution in [0.2, 0.25) is 0 Å². The highest BCUT2D eigenvalue weighted by Gasteiger charge is 2.34. The quantitative estimate of drug-likeness (QED) is 0.637. The van der Waals surface area contributed by atoms with Crippen molar-refractivity contribution in [2.24, 2.45) is 0 Å². The fourth-order valence-corrected chi connectivity index (χ4v) is 3.52. The van der Waals surface area contributed by atoms with Crippen LogP contribution in [-0.4, -0.2) is 41.7 Å². The van der Waals surface area contributed by atoms with Gasteiger partial charge >= 0.3 is 0 Å². The third-order valence-corrected chi connectivity index (χ3v) is 5.16. The van der Waals surface area contributed by atoms with Crippen molar-refractivity contribution in [1.82, 2.24) is 15.0 Å². The van der Waals surface area contributed by atoms with Crippen LogP contribution in [0.1, 0.15) is 29.4 Å². The SMILES string of the molecule is COc1ccc(OC)c(CN2CC(c3nc(-c4ccc(C)cc4)no3)CC2=O)c1. The summed E-state index contributed by atoms with van der Waals surface area (Å²) in [5.74, 6) is 2.42. The summed E-state index contributed by atoms with van der Waals surface area (Å²) in [6, 6.07) is 13.5. The smallest absolute Gasteiger partial charge is 0.232 e. The number of likely N-dealkylation sites (tertiary alicyclic amines) is 1. The molecule has 1 aromatic heterocycles. The van der Waals surface area contributed by atoms with Crippen LogP contribution in [-0.2, 0) is 11.3 Å². The first kappa shape index (κ1) is 19.0. The molecule has 4 rings (SSSR count). The summed E-state index contributed by atoms with van der Waals surface area (Å²) >= 11 is 0. The molecule has 1 aliphatic rings. The molecule has 0 aliphatic carbocycles. The Labute approximate surface area is 169 Å². The third kappa shape index (κ3) is 3.94. The molecule has 1 amide bonds. The van der Waals surface area contributed by atoms with Crippen molar-refractivity contribution in [3.8, 4) is 22.9 Å². The number of rotatable bonds is 6. The third-order valence-electron chi connectivity index (χ3n) is 5.16. The van der Waals surface area contributed by atoms with Crippen molar-refractivity contribution >= 4 is 5.91 Å². The van der Waals surface area contributed by atoms with Gasteiger partial charge in [0.1, 0.15) is 11.5 Å². The van der Waals surface area contributed by atoms with Crippen LogP contribution < -0.4 is 9.47 Å². The molecule has 1 unspecified atom stereocenters. The van der Waals surface area contributed by atoms with Gasteiger partial charge in [-0.2, -0.15) is 4.98 Å². The van der Waals surface area contributed by atoms with Crippen molar-refractivity contribution in [2.45, 2.75) is 25.8 Å².